The molecular formula is C19H18O6. The van der Waals surface area contributed by atoms with Gasteiger partial charge in [-0.25, -0.2) is 4.79 Å². The van der Waals surface area contributed by atoms with E-state index in [0.29, 0.717) is 11.5 Å². The molecule has 25 heavy (non-hydrogen) atoms. The van der Waals surface area contributed by atoms with E-state index < -0.39 is 18.2 Å². The summed E-state index contributed by atoms with van der Waals surface area (Å²) >= 11 is 0. The molecule has 0 saturated heterocycles. The van der Waals surface area contributed by atoms with E-state index in [1.54, 1.807) is 48.5 Å². The molecule has 6 nitrogen and oxygen atoms in total. The number of phenolic OH excluding ortho intramolecular Hbond substituents is 1. The predicted molar refractivity (Wildman–Crippen MR) is 90.5 cm³/mol. The van der Waals surface area contributed by atoms with Crippen LogP contribution in [-0.2, 0) is 9.53 Å². The van der Waals surface area contributed by atoms with Crippen molar-refractivity contribution in [3.63, 3.8) is 0 Å². The monoisotopic (exact) mass is 342 g/mol. The van der Waals surface area contributed by atoms with E-state index in [2.05, 4.69) is 4.74 Å². The van der Waals surface area contributed by atoms with Crippen molar-refractivity contribution in [2.75, 3.05) is 13.7 Å². The second-order valence-corrected chi connectivity index (χ2v) is 5.53. The van der Waals surface area contributed by atoms with Gasteiger partial charge in [-0.2, -0.15) is 0 Å². The normalized spacial score (nSPS) is 19.0. The van der Waals surface area contributed by atoms with E-state index in [1.807, 2.05) is 0 Å². The van der Waals surface area contributed by atoms with Crippen LogP contribution in [0, 0.1) is 0 Å². The SMILES string of the molecule is COC(=O)/C=C/c1ccc2c(c1)O[C@H](CO)[C@H](c1ccc(O)cc1)O2. The number of fused-ring (bicyclic) bond motifs is 1. The summed E-state index contributed by atoms with van der Waals surface area (Å²) in [7, 11) is 1.31. The number of hydrogen-bond donors (Lipinski definition) is 2. The van der Waals surface area contributed by atoms with Crippen molar-refractivity contribution in [1.29, 1.82) is 0 Å². The lowest BCUT2D eigenvalue weighted by Gasteiger charge is -2.33. The number of esters is 1. The third-order valence-electron chi connectivity index (χ3n) is 3.85. The largest absolute Gasteiger partial charge is 0.508 e. The summed E-state index contributed by atoms with van der Waals surface area (Å²) in [6.07, 6.45) is 1.84. The van der Waals surface area contributed by atoms with Crippen molar-refractivity contribution >= 4 is 12.0 Å². The smallest absolute Gasteiger partial charge is 0.330 e. The van der Waals surface area contributed by atoms with Gasteiger partial charge in [0.1, 0.15) is 5.75 Å². The Labute approximate surface area is 144 Å². The average Bonchev–Trinajstić information content (AvgIpc) is 2.65. The Kier molecular flexibility index (Phi) is 4.90. The number of benzene rings is 2. The highest BCUT2D eigenvalue weighted by atomic mass is 16.6. The Balaban J connectivity index is 1.85. The van der Waals surface area contributed by atoms with Crippen LogP contribution in [0.15, 0.2) is 48.5 Å². The van der Waals surface area contributed by atoms with Crippen LogP contribution >= 0.6 is 0 Å². The standard InChI is InChI=1S/C19H18O6/c1-23-18(22)9-3-12-2-8-15-16(10-12)24-17(11-20)19(25-15)13-4-6-14(21)7-5-13/h2-10,17,19-21H,11H2,1H3/b9-3+/t17-,19+/m1/s1. The lowest BCUT2D eigenvalue weighted by atomic mass is 10.0. The molecule has 2 aromatic rings. The molecule has 0 saturated carbocycles. The molecule has 1 heterocycles. The molecule has 0 amide bonds. The van der Waals surface area contributed by atoms with Crippen molar-refractivity contribution in [2.45, 2.75) is 12.2 Å². The van der Waals surface area contributed by atoms with Crippen molar-refractivity contribution in [3.8, 4) is 17.2 Å². The zero-order valence-electron chi connectivity index (χ0n) is 13.6. The van der Waals surface area contributed by atoms with E-state index in [9.17, 15) is 15.0 Å². The molecule has 2 aromatic carbocycles. The van der Waals surface area contributed by atoms with Crippen LogP contribution in [0.2, 0.25) is 0 Å². The summed E-state index contributed by atoms with van der Waals surface area (Å²) < 4.78 is 16.4. The van der Waals surface area contributed by atoms with Gasteiger partial charge < -0.3 is 24.4 Å². The number of carbonyl (C=O) groups excluding carboxylic acids is 1. The lowest BCUT2D eigenvalue weighted by Crippen LogP contribution is -2.36. The van der Waals surface area contributed by atoms with Gasteiger partial charge in [-0.15, -0.1) is 0 Å². The fourth-order valence-electron chi connectivity index (χ4n) is 2.57. The maximum atomic E-state index is 11.2. The van der Waals surface area contributed by atoms with Gasteiger partial charge >= 0.3 is 5.97 Å². The predicted octanol–water partition coefficient (Wildman–Crippen LogP) is 2.45. The zero-order chi connectivity index (χ0) is 17.8. The number of aliphatic hydroxyl groups excluding tert-OH is 1. The topological polar surface area (TPSA) is 85.2 Å². The van der Waals surface area contributed by atoms with Gasteiger partial charge in [-0.05, 0) is 41.5 Å². The highest BCUT2D eigenvalue weighted by molar-refractivity contribution is 5.87. The molecule has 0 bridgehead atoms. The average molecular weight is 342 g/mol. The second-order valence-electron chi connectivity index (χ2n) is 5.53. The molecule has 1 aliphatic rings. The van der Waals surface area contributed by atoms with Crippen molar-refractivity contribution in [1.82, 2.24) is 0 Å². The summed E-state index contributed by atoms with van der Waals surface area (Å²) in [6.45, 7) is -0.229. The summed E-state index contributed by atoms with van der Waals surface area (Å²) in [5, 5.41) is 19.1. The van der Waals surface area contributed by atoms with Crippen LogP contribution in [0.3, 0.4) is 0 Å². The Bertz CT molecular complexity index is 781. The molecular weight excluding hydrogens is 324 g/mol. The number of phenols is 1. The molecule has 0 radical (unpaired) electrons. The number of aromatic hydroxyl groups is 1. The van der Waals surface area contributed by atoms with Crippen LogP contribution < -0.4 is 9.47 Å². The summed E-state index contributed by atoms with van der Waals surface area (Å²) in [6, 6.07) is 11.8. The quantitative estimate of drug-likeness (QED) is 0.656. The molecule has 130 valence electrons. The molecule has 6 heteroatoms. The van der Waals surface area contributed by atoms with Gasteiger partial charge in [0.15, 0.2) is 23.7 Å². The van der Waals surface area contributed by atoms with Crippen LogP contribution in [-0.4, -0.2) is 36.0 Å². The fourth-order valence-corrected chi connectivity index (χ4v) is 2.57. The molecule has 0 aromatic heterocycles. The van der Waals surface area contributed by atoms with Gasteiger partial charge in [0.25, 0.3) is 0 Å². The first-order valence-electron chi connectivity index (χ1n) is 7.74. The van der Waals surface area contributed by atoms with Gasteiger partial charge in [0.2, 0.25) is 0 Å². The molecule has 0 unspecified atom stereocenters. The molecule has 3 rings (SSSR count). The molecule has 2 N–H and O–H groups in total. The Morgan fingerprint density at radius 3 is 2.60 bits per heavy atom. The molecule has 1 aliphatic heterocycles. The van der Waals surface area contributed by atoms with Crippen LogP contribution in [0.25, 0.3) is 6.08 Å². The van der Waals surface area contributed by atoms with E-state index in [1.165, 1.54) is 13.2 Å². The first-order chi connectivity index (χ1) is 12.1. The van der Waals surface area contributed by atoms with Crippen LogP contribution in [0.5, 0.6) is 17.2 Å². The third kappa shape index (κ3) is 3.75. The van der Waals surface area contributed by atoms with Gasteiger partial charge in [-0.1, -0.05) is 18.2 Å². The molecule has 0 fully saturated rings. The maximum Gasteiger partial charge on any atom is 0.330 e. The summed E-state index contributed by atoms with van der Waals surface area (Å²) in [4.78, 5) is 11.2. The van der Waals surface area contributed by atoms with Crippen LogP contribution in [0.1, 0.15) is 17.2 Å². The number of carbonyl (C=O) groups is 1. The Morgan fingerprint density at radius 1 is 1.16 bits per heavy atom. The number of methoxy groups -OCH3 is 1. The minimum atomic E-state index is -0.586. The minimum absolute atomic E-state index is 0.156. The number of ether oxygens (including phenoxy) is 3. The molecule has 0 spiro atoms. The van der Waals surface area contributed by atoms with E-state index in [4.69, 9.17) is 9.47 Å². The first-order valence-corrected chi connectivity index (χ1v) is 7.74. The third-order valence-corrected chi connectivity index (χ3v) is 3.85. The lowest BCUT2D eigenvalue weighted by molar-refractivity contribution is -0.134. The number of aliphatic hydroxyl groups is 1. The Hall–Kier alpha value is -2.99. The highest BCUT2D eigenvalue weighted by Gasteiger charge is 2.32. The van der Waals surface area contributed by atoms with Gasteiger partial charge in [-0.3, -0.25) is 0 Å². The zero-order valence-corrected chi connectivity index (χ0v) is 13.6. The number of hydrogen-bond acceptors (Lipinski definition) is 6. The van der Waals surface area contributed by atoms with Crippen LogP contribution in [0.4, 0.5) is 0 Å². The van der Waals surface area contributed by atoms with Crippen molar-refractivity contribution in [2.24, 2.45) is 0 Å². The van der Waals surface area contributed by atoms with E-state index in [0.717, 1.165) is 11.1 Å². The number of rotatable bonds is 4. The Morgan fingerprint density at radius 2 is 1.92 bits per heavy atom. The minimum Gasteiger partial charge on any atom is -0.508 e. The van der Waals surface area contributed by atoms with Gasteiger partial charge in [0.05, 0.1) is 13.7 Å². The first kappa shape index (κ1) is 16.9. The van der Waals surface area contributed by atoms with E-state index in [-0.39, 0.29) is 12.4 Å². The maximum absolute atomic E-state index is 11.2. The van der Waals surface area contributed by atoms with Gasteiger partial charge in [0, 0.05) is 6.08 Å². The molecule has 0 aliphatic carbocycles. The van der Waals surface area contributed by atoms with Crippen molar-refractivity contribution < 1.29 is 29.2 Å². The summed E-state index contributed by atoms with van der Waals surface area (Å²) in [5.74, 6) is 0.734. The molecule has 2 atom stereocenters. The summed E-state index contributed by atoms with van der Waals surface area (Å²) in [5.41, 5.74) is 1.53. The highest BCUT2D eigenvalue weighted by Crippen LogP contribution is 2.40. The second kappa shape index (κ2) is 7.27. The fraction of sp³-hybridized carbons (Fsp3) is 0.211. The van der Waals surface area contributed by atoms with E-state index >= 15 is 0 Å². The van der Waals surface area contributed by atoms with Crippen molar-refractivity contribution in [3.05, 3.63) is 59.7 Å².